The van der Waals surface area contributed by atoms with Gasteiger partial charge in [0.25, 0.3) is 0 Å². The Bertz CT molecular complexity index is 222. The van der Waals surface area contributed by atoms with Crippen LogP contribution in [0.15, 0.2) is 0 Å². The van der Waals surface area contributed by atoms with Crippen molar-refractivity contribution >= 4 is 5.97 Å². The zero-order valence-electron chi connectivity index (χ0n) is 10.3. The van der Waals surface area contributed by atoms with E-state index in [2.05, 4.69) is 5.32 Å². The first-order valence-corrected chi connectivity index (χ1v) is 6.04. The number of hydrogen-bond acceptors (Lipinski definition) is 3. The van der Waals surface area contributed by atoms with Gasteiger partial charge in [0.2, 0.25) is 0 Å². The van der Waals surface area contributed by atoms with Gasteiger partial charge >= 0.3 is 5.97 Å². The molecule has 0 unspecified atom stereocenters. The minimum atomic E-state index is -0.722. The Hall–Kier alpha value is -0.610. The van der Waals surface area contributed by atoms with Crippen LogP contribution in [-0.2, 0) is 9.53 Å². The van der Waals surface area contributed by atoms with Gasteiger partial charge in [-0.1, -0.05) is 0 Å². The zero-order valence-corrected chi connectivity index (χ0v) is 10.3. The van der Waals surface area contributed by atoms with Crippen LogP contribution in [0.3, 0.4) is 0 Å². The zero-order chi connectivity index (χ0) is 12.0. The Kier molecular flexibility index (Phi) is 5.22. The molecule has 0 bridgehead atoms. The van der Waals surface area contributed by atoms with E-state index in [0.717, 1.165) is 39.1 Å². The summed E-state index contributed by atoms with van der Waals surface area (Å²) in [5, 5.41) is 12.3. The predicted molar refractivity (Wildman–Crippen MR) is 62.4 cm³/mol. The van der Waals surface area contributed by atoms with Crippen LogP contribution in [0.4, 0.5) is 0 Å². The van der Waals surface area contributed by atoms with Crippen LogP contribution in [0.1, 0.15) is 33.1 Å². The molecule has 1 saturated heterocycles. The molecule has 0 saturated carbocycles. The van der Waals surface area contributed by atoms with Crippen molar-refractivity contribution in [2.24, 2.45) is 11.3 Å². The highest BCUT2D eigenvalue weighted by Gasteiger charge is 2.26. The summed E-state index contributed by atoms with van der Waals surface area (Å²) in [6, 6.07) is 0. The summed E-state index contributed by atoms with van der Waals surface area (Å²) in [7, 11) is 0. The first-order chi connectivity index (χ1) is 7.52. The number of hydrogen-bond donors (Lipinski definition) is 2. The summed E-state index contributed by atoms with van der Waals surface area (Å²) in [5.41, 5.74) is -0.622. The van der Waals surface area contributed by atoms with Crippen molar-refractivity contribution in [3.05, 3.63) is 0 Å². The van der Waals surface area contributed by atoms with E-state index in [1.165, 1.54) is 0 Å². The Balaban J connectivity index is 2.09. The van der Waals surface area contributed by atoms with Crippen molar-refractivity contribution in [1.29, 1.82) is 0 Å². The van der Waals surface area contributed by atoms with Gasteiger partial charge in [-0.05, 0) is 52.1 Å². The molecule has 0 atom stereocenters. The maximum Gasteiger partial charge on any atom is 0.309 e. The fourth-order valence-corrected chi connectivity index (χ4v) is 1.76. The summed E-state index contributed by atoms with van der Waals surface area (Å²) in [6.45, 7) is 7.03. The maximum atomic E-state index is 10.9. The lowest BCUT2D eigenvalue weighted by Crippen LogP contribution is -2.32. The van der Waals surface area contributed by atoms with Crippen molar-refractivity contribution < 1.29 is 14.6 Å². The number of nitrogens with one attached hydrogen (secondary N) is 1. The Morgan fingerprint density at radius 2 is 2.06 bits per heavy atom. The molecule has 0 aromatic rings. The molecule has 0 amide bonds. The second-order valence-electron chi connectivity index (χ2n) is 5.20. The Morgan fingerprint density at radius 3 is 2.62 bits per heavy atom. The van der Waals surface area contributed by atoms with Crippen molar-refractivity contribution in [1.82, 2.24) is 5.32 Å². The molecule has 0 aromatic heterocycles. The lowest BCUT2D eigenvalue weighted by Gasteiger charge is -2.23. The standard InChI is InChI=1S/C12H23NO3/c1-12(2,11(14)15)5-6-13-9-10-3-7-16-8-4-10/h10,13H,3-9H2,1-2H3,(H,14,15). The van der Waals surface area contributed by atoms with Crippen LogP contribution in [0.25, 0.3) is 0 Å². The summed E-state index contributed by atoms with van der Waals surface area (Å²) < 4.78 is 5.29. The fraction of sp³-hybridized carbons (Fsp3) is 0.917. The fourth-order valence-electron chi connectivity index (χ4n) is 1.76. The number of ether oxygens (including phenoxy) is 1. The SMILES string of the molecule is CC(C)(CCNCC1CCOCC1)C(=O)O. The minimum Gasteiger partial charge on any atom is -0.481 e. The molecule has 1 aliphatic rings. The maximum absolute atomic E-state index is 10.9. The van der Waals surface area contributed by atoms with Crippen molar-refractivity contribution in [3.63, 3.8) is 0 Å². The third-order valence-electron chi connectivity index (χ3n) is 3.28. The molecule has 1 heterocycles. The largest absolute Gasteiger partial charge is 0.481 e. The number of aliphatic carboxylic acids is 1. The van der Waals surface area contributed by atoms with Crippen LogP contribution in [0.2, 0.25) is 0 Å². The Morgan fingerprint density at radius 1 is 1.44 bits per heavy atom. The van der Waals surface area contributed by atoms with E-state index < -0.39 is 11.4 Å². The molecular formula is C12H23NO3. The monoisotopic (exact) mass is 229 g/mol. The first kappa shape index (κ1) is 13.5. The van der Waals surface area contributed by atoms with Gasteiger partial charge in [0, 0.05) is 13.2 Å². The number of carboxylic acid groups (broad SMARTS) is 1. The summed E-state index contributed by atoms with van der Waals surface area (Å²) in [6.07, 6.45) is 2.91. The highest BCUT2D eigenvalue weighted by Crippen LogP contribution is 2.19. The van der Waals surface area contributed by atoms with Gasteiger partial charge in [0.15, 0.2) is 0 Å². The third-order valence-corrected chi connectivity index (χ3v) is 3.28. The van der Waals surface area contributed by atoms with Gasteiger partial charge in [-0.15, -0.1) is 0 Å². The molecule has 4 nitrogen and oxygen atoms in total. The average molecular weight is 229 g/mol. The topological polar surface area (TPSA) is 58.6 Å². The molecule has 0 aromatic carbocycles. The lowest BCUT2D eigenvalue weighted by atomic mass is 9.89. The molecule has 1 rings (SSSR count). The van der Waals surface area contributed by atoms with E-state index in [4.69, 9.17) is 9.84 Å². The molecule has 1 aliphatic heterocycles. The molecular weight excluding hydrogens is 206 g/mol. The molecule has 2 N–H and O–H groups in total. The molecule has 0 radical (unpaired) electrons. The van der Waals surface area contributed by atoms with E-state index >= 15 is 0 Å². The van der Waals surface area contributed by atoms with Gasteiger partial charge in [-0.2, -0.15) is 0 Å². The smallest absolute Gasteiger partial charge is 0.309 e. The summed E-state index contributed by atoms with van der Waals surface area (Å²) in [4.78, 5) is 10.9. The second kappa shape index (κ2) is 6.21. The van der Waals surface area contributed by atoms with E-state index in [1.54, 1.807) is 13.8 Å². The number of carboxylic acids is 1. The van der Waals surface area contributed by atoms with E-state index in [0.29, 0.717) is 12.3 Å². The van der Waals surface area contributed by atoms with E-state index in [-0.39, 0.29) is 0 Å². The van der Waals surface area contributed by atoms with Gasteiger partial charge in [-0.3, -0.25) is 4.79 Å². The first-order valence-electron chi connectivity index (χ1n) is 6.04. The van der Waals surface area contributed by atoms with Gasteiger partial charge < -0.3 is 15.2 Å². The van der Waals surface area contributed by atoms with Gasteiger partial charge in [0.1, 0.15) is 0 Å². The Labute approximate surface area is 97.4 Å². The van der Waals surface area contributed by atoms with E-state index in [9.17, 15) is 4.79 Å². The summed E-state index contributed by atoms with van der Waals surface area (Å²) >= 11 is 0. The quantitative estimate of drug-likeness (QED) is 0.678. The van der Waals surface area contributed by atoms with Gasteiger partial charge in [-0.25, -0.2) is 0 Å². The van der Waals surface area contributed by atoms with Crippen LogP contribution in [-0.4, -0.2) is 37.4 Å². The molecule has 94 valence electrons. The lowest BCUT2D eigenvalue weighted by molar-refractivity contribution is -0.147. The molecule has 16 heavy (non-hydrogen) atoms. The van der Waals surface area contributed by atoms with Crippen LogP contribution >= 0.6 is 0 Å². The second-order valence-corrected chi connectivity index (χ2v) is 5.20. The van der Waals surface area contributed by atoms with E-state index in [1.807, 2.05) is 0 Å². The number of carbonyl (C=O) groups is 1. The van der Waals surface area contributed by atoms with Crippen molar-refractivity contribution in [2.75, 3.05) is 26.3 Å². The van der Waals surface area contributed by atoms with Crippen molar-refractivity contribution in [2.45, 2.75) is 33.1 Å². The molecule has 0 spiro atoms. The average Bonchev–Trinajstić information content (AvgIpc) is 2.26. The number of rotatable bonds is 6. The van der Waals surface area contributed by atoms with Crippen LogP contribution < -0.4 is 5.32 Å². The minimum absolute atomic E-state index is 0.622. The normalized spacial score (nSPS) is 18.6. The highest BCUT2D eigenvalue weighted by atomic mass is 16.5. The van der Waals surface area contributed by atoms with Crippen molar-refractivity contribution in [3.8, 4) is 0 Å². The summed E-state index contributed by atoms with van der Waals surface area (Å²) in [5.74, 6) is -0.0259. The molecule has 4 heteroatoms. The van der Waals surface area contributed by atoms with Crippen LogP contribution in [0.5, 0.6) is 0 Å². The predicted octanol–water partition coefficient (Wildman–Crippen LogP) is 1.50. The van der Waals surface area contributed by atoms with Crippen LogP contribution in [0, 0.1) is 11.3 Å². The van der Waals surface area contributed by atoms with Gasteiger partial charge in [0.05, 0.1) is 5.41 Å². The molecule has 1 fully saturated rings. The third kappa shape index (κ3) is 4.49. The highest BCUT2D eigenvalue weighted by molar-refractivity contribution is 5.73. The molecule has 0 aliphatic carbocycles.